The topological polar surface area (TPSA) is 48.1 Å². The van der Waals surface area contributed by atoms with Crippen LogP contribution in [0.15, 0.2) is 23.6 Å². The van der Waals surface area contributed by atoms with Gasteiger partial charge in [0.05, 0.1) is 10.7 Å². The van der Waals surface area contributed by atoms with E-state index in [-0.39, 0.29) is 23.4 Å². The Morgan fingerprint density at radius 1 is 1.38 bits per heavy atom. The molecule has 0 radical (unpaired) electrons. The van der Waals surface area contributed by atoms with Gasteiger partial charge in [-0.1, -0.05) is 20.8 Å². The number of fused-ring (bicyclic) bond motifs is 1. The lowest BCUT2D eigenvalue weighted by Gasteiger charge is -2.29. The molecule has 0 saturated heterocycles. The van der Waals surface area contributed by atoms with E-state index in [0.717, 1.165) is 16.3 Å². The van der Waals surface area contributed by atoms with Crippen LogP contribution in [0.3, 0.4) is 0 Å². The molecule has 3 rings (SSSR count). The first-order valence-corrected chi connectivity index (χ1v) is 7.90. The van der Waals surface area contributed by atoms with Crippen LogP contribution in [0.4, 0.5) is 4.39 Å². The van der Waals surface area contributed by atoms with E-state index in [1.165, 1.54) is 12.1 Å². The predicted molar refractivity (Wildman–Crippen MR) is 82.1 cm³/mol. The Balaban J connectivity index is 1.89. The molecule has 1 aliphatic rings. The molecule has 0 bridgehead atoms. The van der Waals surface area contributed by atoms with Crippen molar-refractivity contribution < 1.29 is 9.13 Å². The largest absolute Gasteiger partial charge is 0.484 e. The molecular formula is C16H19FN2OS. The van der Waals surface area contributed by atoms with E-state index in [4.69, 9.17) is 15.5 Å². The van der Waals surface area contributed by atoms with Crippen LogP contribution in [0, 0.1) is 5.82 Å². The average molecular weight is 306 g/mol. The van der Waals surface area contributed by atoms with Crippen LogP contribution in [-0.2, 0) is 5.41 Å². The van der Waals surface area contributed by atoms with E-state index in [2.05, 4.69) is 20.8 Å². The number of aromatic nitrogens is 1. The lowest BCUT2D eigenvalue weighted by Crippen LogP contribution is -2.24. The molecule has 5 heteroatoms. The molecule has 0 saturated carbocycles. The minimum absolute atomic E-state index is 0.0285. The van der Waals surface area contributed by atoms with E-state index >= 15 is 0 Å². The summed E-state index contributed by atoms with van der Waals surface area (Å²) in [6, 6.07) is 4.27. The maximum Gasteiger partial charge on any atom is 0.143 e. The Morgan fingerprint density at radius 2 is 2.14 bits per heavy atom. The lowest BCUT2D eigenvalue weighted by molar-refractivity contribution is 0.157. The van der Waals surface area contributed by atoms with Crippen LogP contribution < -0.4 is 10.5 Å². The van der Waals surface area contributed by atoms with Crippen molar-refractivity contribution in [3.05, 3.63) is 45.7 Å². The van der Waals surface area contributed by atoms with Gasteiger partial charge in [0.1, 0.15) is 17.7 Å². The highest BCUT2D eigenvalue weighted by Crippen LogP contribution is 2.40. The van der Waals surface area contributed by atoms with Crippen molar-refractivity contribution in [1.29, 1.82) is 0 Å². The molecule has 3 nitrogen and oxygen atoms in total. The third kappa shape index (κ3) is 2.80. The zero-order valence-corrected chi connectivity index (χ0v) is 13.2. The molecule has 112 valence electrons. The fraction of sp³-hybridized carbons (Fsp3) is 0.438. The Hall–Kier alpha value is -1.46. The lowest BCUT2D eigenvalue weighted by atomic mass is 9.95. The fourth-order valence-corrected chi connectivity index (χ4v) is 3.38. The number of nitrogens with zero attached hydrogens (tertiary/aromatic N) is 1. The Bertz CT molecular complexity index is 663. The Labute approximate surface area is 128 Å². The van der Waals surface area contributed by atoms with Crippen LogP contribution in [-0.4, -0.2) is 4.98 Å². The molecule has 2 N–H and O–H groups in total. The maximum absolute atomic E-state index is 13.3. The highest BCUT2D eigenvalue weighted by molar-refractivity contribution is 7.09. The fourth-order valence-electron chi connectivity index (χ4n) is 2.44. The van der Waals surface area contributed by atoms with Crippen molar-refractivity contribution in [3.63, 3.8) is 0 Å². The summed E-state index contributed by atoms with van der Waals surface area (Å²) in [4.78, 5) is 4.69. The number of thiazole rings is 1. The standard InChI is InChI=1S/C16H19FN2OS/c1-16(2,3)15-19-12(8-21-15)14-7-11(18)10-6-9(17)4-5-13(10)20-14/h4-6,8,11,14H,7,18H2,1-3H3. The van der Waals surface area contributed by atoms with Gasteiger partial charge >= 0.3 is 0 Å². The summed E-state index contributed by atoms with van der Waals surface area (Å²) in [5.74, 6) is 0.375. The molecule has 1 aromatic heterocycles. The number of hydrogen-bond donors (Lipinski definition) is 1. The summed E-state index contributed by atoms with van der Waals surface area (Å²) in [5, 5.41) is 3.12. The predicted octanol–water partition coefficient (Wildman–Crippen LogP) is 4.10. The molecular weight excluding hydrogens is 287 g/mol. The molecule has 2 aromatic rings. The normalized spacial score (nSPS) is 21.8. The quantitative estimate of drug-likeness (QED) is 0.862. The monoisotopic (exact) mass is 306 g/mol. The average Bonchev–Trinajstić information content (AvgIpc) is 2.89. The zero-order valence-electron chi connectivity index (χ0n) is 12.4. The van der Waals surface area contributed by atoms with E-state index in [1.54, 1.807) is 17.4 Å². The van der Waals surface area contributed by atoms with Crippen molar-refractivity contribution in [2.45, 2.75) is 44.8 Å². The summed E-state index contributed by atoms with van der Waals surface area (Å²) in [5.41, 5.74) is 7.84. The minimum Gasteiger partial charge on any atom is -0.484 e. The van der Waals surface area contributed by atoms with Crippen molar-refractivity contribution >= 4 is 11.3 Å². The highest BCUT2D eigenvalue weighted by Gasteiger charge is 2.30. The van der Waals surface area contributed by atoms with Crippen LogP contribution in [0.2, 0.25) is 0 Å². The van der Waals surface area contributed by atoms with Crippen LogP contribution >= 0.6 is 11.3 Å². The second-order valence-corrected chi connectivity index (χ2v) is 7.32. The Kier molecular flexibility index (Phi) is 3.50. The molecule has 0 amide bonds. The molecule has 1 aromatic carbocycles. The molecule has 0 fully saturated rings. The number of ether oxygens (including phenoxy) is 1. The van der Waals surface area contributed by atoms with Gasteiger partial charge in [-0.15, -0.1) is 11.3 Å². The summed E-state index contributed by atoms with van der Waals surface area (Å²) in [6.45, 7) is 6.42. The van der Waals surface area contributed by atoms with Crippen LogP contribution in [0.1, 0.15) is 55.6 Å². The summed E-state index contributed by atoms with van der Waals surface area (Å²) < 4.78 is 19.3. The molecule has 2 unspecified atom stereocenters. The van der Waals surface area contributed by atoms with Gasteiger partial charge in [-0.25, -0.2) is 9.37 Å². The van der Waals surface area contributed by atoms with E-state index < -0.39 is 0 Å². The smallest absolute Gasteiger partial charge is 0.143 e. The molecule has 21 heavy (non-hydrogen) atoms. The minimum atomic E-state index is -0.282. The maximum atomic E-state index is 13.3. The van der Waals surface area contributed by atoms with Gasteiger partial charge in [-0.2, -0.15) is 0 Å². The highest BCUT2D eigenvalue weighted by atomic mass is 32.1. The van der Waals surface area contributed by atoms with Crippen LogP contribution in [0.5, 0.6) is 5.75 Å². The van der Waals surface area contributed by atoms with Gasteiger partial charge in [-0.3, -0.25) is 0 Å². The second kappa shape index (κ2) is 5.07. The number of rotatable bonds is 1. The van der Waals surface area contributed by atoms with Crippen molar-refractivity contribution in [1.82, 2.24) is 4.98 Å². The van der Waals surface area contributed by atoms with Crippen molar-refractivity contribution in [3.8, 4) is 5.75 Å². The van der Waals surface area contributed by atoms with Gasteiger partial charge in [0.15, 0.2) is 0 Å². The first kappa shape index (κ1) is 14.5. The summed E-state index contributed by atoms with van der Waals surface area (Å²) >= 11 is 1.64. The van der Waals surface area contributed by atoms with Gasteiger partial charge in [0, 0.05) is 28.8 Å². The van der Waals surface area contributed by atoms with Gasteiger partial charge in [-0.05, 0) is 18.2 Å². The summed E-state index contributed by atoms with van der Waals surface area (Å²) in [6.07, 6.45) is 0.453. The molecule has 2 atom stereocenters. The Morgan fingerprint density at radius 3 is 2.81 bits per heavy atom. The molecule has 2 heterocycles. The van der Waals surface area contributed by atoms with Gasteiger partial charge < -0.3 is 10.5 Å². The second-order valence-electron chi connectivity index (χ2n) is 6.46. The van der Waals surface area contributed by atoms with Gasteiger partial charge in [0.2, 0.25) is 0 Å². The third-order valence-electron chi connectivity index (χ3n) is 3.60. The van der Waals surface area contributed by atoms with E-state index in [9.17, 15) is 4.39 Å². The van der Waals surface area contributed by atoms with E-state index in [0.29, 0.717) is 12.2 Å². The van der Waals surface area contributed by atoms with E-state index in [1.807, 2.05) is 5.38 Å². The molecule has 0 spiro atoms. The SMILES string of the molecule is CC(C)(C)c1nc(C2CC(N)c3cc(F)ccc3O2)cs1. The zero-order chi connectivity index (χ0) is 15.2. The number of benzene rings is 1. The van der Waals surface area contributed by atoms with Gasteiger partial charge in [0.25, 0.3) is 0 Å². The van der Waals surface area contributed by atoms with Crippen molar-refractivity contribution in [2.24, 2.45) is 5.73 Å². The summed E-state index contributed by atoms with van der Waals surface area (Å²) in [7, 11) is 0. The van der Waals surface area contributed by atoms with Crippen LogP contribution in [0.25, 0.3) is 0 Å². The number of halogens is 1. The van der Waals surface area contributed by atoms with Crippen molar-refractivity contribution in [2.75, 3.05) is 0 Å². The first-order chi connectivity index (χ1) is 9.84. The number of hydrogen-bond acceptors (Lipinski definition) is 4. The number of nitrogens with two attached hydrogens (primary N) is 1. The third-order valence-corrected chi connectivity index (χ3v) is 4.89. The first-order valence-electron chi connectivity index (χ1n) is 7.02. The molecule has 0 aliphatic carbocycles. The molecule has 1 aliphatic heterocycles.